The predicted octanol–water partition coefficient (Wildman–Crippen LogP) is 2.63. The first-order chi connectivity index (χ1) is 14.0. The maximum Gasteiger partial charge on any atom is 0.252 e. The van der Waals surface area contributed by atoms with Gasteiger partial charge in [-0.1, -0.05) is 0 Å². The van der Waals surface area contributed by atoms with Crippen molar-refractivity contribution >= 4 is 16.8 Å². The van der Waals surface area contributed by atoms with Gasteiger partial charge in [0.15, 0.2) is 0 Å². The van der Waals surface area contributed by atoms with Crippen molar-refractivity contribution in [3.8, 4) is 6.07 Å². The van der Waals surface area contributed by atoms with Crippen LogP contribution < -0.4 is 10.9 Å². The van der Waals surface area contributed by atoms with E-state index < -0.39 is 6.04 Å². The zero-order valence-electron chi connectivity index (χ0n) is 15.7. The molecule has 1 atom stereocenters. The average Bonchev–Trinajstić information content (AvgIpc) is 3.54. The third kappa shape index (κ3) is 3.85. The summed E-state index contributed by atoms with van der Waals surface area (Å²) >= 11 is 0. The number of nitriles is 1. The number of fused-ring (bicyclic) bond motifs is 1. The molecule has 1 amide bonds. The van der Waals surface area contributed by atoms with Crippen molar-refractivity contribution in [1.82, 2.24) is 20.3 Å². The number of halogens is 1. The highest BCUT2D eigenvalue weighted by molar-refractivity contribution is 5.87. The van der Waals surface area contributed by atoms with E-state index in [0.29, 0.717) is 27.9 Å². The lowest BCUT2D eigenvalue weighted by Crippen LogP contribution is -2.31. The fraction of sp³-hybridized carbons (Fsp3) is 0.286. The van der Waals surface area contributed by atoms with Crippen LogP contribution in [0.2, 0.25) is 0 Å². The van der Waals surface area contributed by atoms with Crippen molar-refractivity contribution in [2.45, 2.75) is 38.1 Å². The van der Waals surface area contributed by atoms with Crippen molar-refractivity contribution < 1.29 is 9.18 Å². The zero-order chi connectivity index (χ0) is 20.5. The third-order valence-corrected chi connectivity index (χ3v) is 5.01. The number of rotatable bonds is 5. The molecule has 1 aromatic carbocycles. The molecule has 1 aliphatic rings. The monoisotopic (exact) mass is 391 g/mol. The number of hydrogen-bond acceptors (Lipinski definition) is 5. The summed E-state index contributed by atoms with van der Waals surface area (Å²) in [6.07, 6.45) is 4.49. The summed E-state index contributed by atoms with van der Waals surface area (Å²) in [5.74, 6) is -0.194. The molecule has 1 saturated carbocycles. The van der Waals surface area contributed by atoms with Gasteiger partial charge in [0.2, 0.25) is 5.91 Å². The van der Waals surface area contributed by atoms with E-state index in [-0.39, 0.29) is 29.6 Å². The number of nitrogens with one attached hydrogen (secondary N) is 2. The summed E-state index contributed by atoms with van der Waals surface area (Å²) in [6, 6.07) is 5.71. The lowest BCUT2D eigenvalue weighted by atomic mass is 9.97. The van der Waals surface area contributed by atoms with Crippen LogP contribution in [0, 0.1) is 17.1 Å². The molecule has 2 N–H and O–H groups in total. The normalized spacial score (nSPS) is 14.4. The number of nitrogens with zero attached hydrogens (tertiary/aromatic N) is 3. The Hall–Kier alpha value is -3.60. The highest BCUT2D eigenvalue weighted by atomic mass is 19.1. The van der Waals surface area contributed by atoms with E-state index in [2.05, 4.69) is 20.3 Å². The molecular formula is C21H18FN5O2. The van der Waals surface area contributed by atoms with Gasteiger partial charge in [0.1, 0.15) is 17.7 Å². The van der Waals surface area contributed by atoms with Crippen molar-refractivity contribution in [3.63, 3.8) is 0 Å². The first-order valence-corrected chi connectivity index (χ1v) is 9.32. The predicted molar refractivity (Wildman–Crippen MR) is 104 cm³/mol. The Morgan fingerprint density at radius 2 is 2.10 bits per heavy atom. The minimum absolute atomic E-state index is 0.117. The molecule has 0 saturated heterocycles. The number of pyridine rings is 1. The first-order valence-electron chi connectivity index (χ1n) is 9.32. The molecule has 4 rings (SSSR count). The minimum Gasteiger partial charge on any atom is -0.346 e. The van der Waals surface area contributed by atoms with Crippen LogP contribution in [-0.4, -0.2) is 20.9 Å². The van der Waals surface area contributed by atoms with E-state index in [1.54, 1.807) is 13.0 Å². The van der Waals surface area contributed by atoms with Gasteiger partial charge in [0.25, 0.3) is 5.56 Å². The van der Waals surface area contributed by atoms with Crippen molar-refractivity contribution in [3.05, 3.63) is 69.3 Å². The summed E-state index contributed by atoms with van der Waals surface area (Å²) < 4.78 is 13.8. The Morgan fingerprint density at radius 3 is 2.76 bits per heavy atom. The molecule has 0 aliphatic heterocycles. The van der Waals surface area contributed by atoms with Crippen LogP contribution in [0.15, 0.2) is 35.4 Å². The van der Waals surface area contributed by atoms with Crippen molar-refractivity contribution in [1.29, 1.82) is 5.26 Å². The number of carbonyl (C=O) groups is 1. The summed E-state index contributed by atoms with van der Waals surface area (Å²) in [7, 11) is 0. The van der Waals surface area contributed by atoms with Crippen LogP contribution in [0.1, 0.15) is 54.2 Å². The van der Waals surface area contributed by atoms with E-state index in [1.165, 1.54) is 24.5 Å². The average molecular weight is 391 g/mol. The van der Waals surface area contributed by atoms with Crippen LogP contribution in [-0.2, 0) is 11.2 Å². The van der Waals surface area contributed by atoms with Gasteiger partial charge in [0.05, 0.1) is 18.0 Å². The number of aromatic amines is 1. The third-order valence-electron chi connectivity index (χ3n) is 5.01. The molecule has 0 bridgehead atoms. The Labute approximate surface area is 165 Å². The molecule has 8 heteroatoms. The largest absolute Gasteiger partial charge is 0.346 e. The quantitative estimate of drug-likeness (QED) is 0.694. The standard InChI is InChI=1S/C21H18FN5O2/c1-11(20-24-9-12(8-23)10-25-20)26-18(28)7-16-19(13-2-3-13)15-6-14(22)4-5-17(15)27-21(16)29/h4-6,9-11,13H,2-3,7H2,1H3,(H,26,28)(H,27,29)/t11-/m0/s1. The molecule has 1 fully saturated rings. The van der Waals surface area contributed by atoms with Gasteiger partial charge in [-0.3, -0.25) is 9.59 Å². The Kier molecular flexibility index (Phi) is 4.80. The smallest absolute Gasteiger partial charge is 0.252 e. The summed E-state index contributed by atoms with van der Waals surface area (Å²) in [5, 5.41) is 12.2. The molecule has 3 aromatic rings. The van der Waals surface area contributed by atoms with Crippen molar-refractivity contribution in [2.75, 3.05) is 0 Å². The molecule has 7 nitrogen and oxygen atoms in total. The van der Waals surface area contributed by atoms with E-state index in [4.69, 9.17) is 5.26 Å². The Balaban J connectivity index is 1.61. The molecule has 1 aliphatic carbocycles. The van der Waals surface area contributed by atoms with Crippen LogP contribution in [0.5, 0.6) is 0 Å². The number of amides is 1. The lowest BCUT2D eigenvalue weighted by Gasteiger charge is -2.15. The summed E-state index contributed by atoms with van der Waals surface area (Å²) in [4.78, 5) is 36.2. The molecule has 2 aromatic heterocycles. The van der Waals surface area contributed by atoms with Crippen LogP contribution in [0.25, 0.3) is 10.9 Å². The second kappa shape index (κ2) is 7.43. The second-order valence-corrected chi connectivity index (χ2v) is 7.22. The van der Waals surface area contributed by atoms with Crippen LogP contribution in [0.4, 0.5) is 4.39 Å². The van der Waals surface area contributed by atoms with Gasteiger partial charge in [0, 0.05) is 28.9 Å². The molecule has 146 valence electrons. The topological polar surface area (TPSA) is 112 Å². The van der Waals surface area contributed by atoms with Gasteiger partial charge in [-0.2, -0.15) is 5.26 Å². The van der Waals surface area contributed by atoms with Crippen LogP contribution >= 0.6 is 0 Å². The fourth-order valence-corrected chi connectivity index (χ4v) is 3.48. The van der Waals surface area contributed by atoms with E-state index >= 15 is 0 Å². The highest BCUT2D eigenvalue weighted by Crippen LogP contribution is 2.44. The van der Waals surface area contributed by atoms with Crippen LogP contribution in [0.3, 0.4) is 0 Å². The van der Waals surface area contributed by atoms with E-state index in [9.17, 15) is 14.0 Å². The zero-order valence-corrected chi connectivity index (χ0v) is 15.7. The molecule has 0 spiro atoms. The Morgan fingerprint density at radius 1 is 1.38 bits per heavy atom. The Bertz CT molecular complexity index is 1190. The van der Waals surface area contributed by atoms with Gasteiger partial charge >= 0.3 is 0 Å². The number of carbonyl (C=O) groups excluding carboxylic acids is 1. The molecule has 29 heavy (non-hydrogen) atoms. The highest BCUT2D eigenvalue weighted by Gasteiger charge is 2.30. The maximum absolute atomic E-state index is 13.8. The lowest BCUT2D eigenvalue weighted by molar-refractivity contribution is -0.121. The summed E-state index contributed by atoms with van der Waals surface area (Å²) in [5.41, 5.74) is 1.71. The van der Waals surface area contributed by atoms with Gasteiger partial charge in [-0.25, -0.2) is 14.4 Å². The molecule has 0 radical (unpaired) electrons. The number of aromatic nitrogens is 3. The molecular weight excluding hydrogens is 373 g/mol. The minimum atomic E-state index is -0.489. The van der Waals surface area contributed by atoms with Crippen molar-refractivity contribution in [2.24, 2.45) is 0 Å². The SMILES string of the molecule is C[C@H](NC(=O)Cc1c(C2CC2)c2cc(F)ccc2[nH]c1=O)c1ncc(C#N)cn1. The molecule has 0 unspecified atom stereocenters. The first kappa shape index (κ1) is 18.7. The number of benzene rings is 1. The van der Waals surface area contributed by atoms with E-state index in [1.807, 2.05) is 6.07 Å². The van der Waals surface area contributed by atoms with E-state index in [0.717, 1.165) is 18.4 Å². The van der Waals surface area contributed by atoms with Gasteiger partial charge in [-0.05, 0) is 49.4 Å². The fourth-order valence-electron chi connectivity index (χ4n) is 3.48. The second-order valence-electron chi connectivity index (χ2n) is 7.22. The van der Waals surface area contributed by atoms with Gasteiger partial charge in [-0.15, -0.1) is 0 Å². The number of H-pyrrole nitrogens is 1. The summed E-state index contributed by atoms with van der Waals surface area (Å²) in [6.45, 7) is 1.72. The number of hydrogen-bond donors (Lipinski definition) is 2. The molecule has 2 heterocycles. The van der Waals surface area contributed by atoms with Gasteiger partial charge < -0.3 is 10.3 Å². The maximum atomic E-state index is 13.8.